The van der Waals surface area contributed by atoms with Gasteiger partial charge in [-0.15, -0.1) is 0 Å². The molecule has 110 valence electrons. The maximum absolute atomic E-state index is 12.0. The average molecular weight is 326 g/mol. The van der Waals surface area contributed by atoms with E-state index in [2.05, 4.69) is 10.3 Å². The van der Waals surface area contributed by atoms with Gasteiger partial charge in [-0.25, -0.2) is 22.9 Å². The Morgan fingerprint density at radius 1 is 1.19 bits per heavy atom. The third-order valence-electron chi connectivity index (χ3n) is 2.57. The molecule has 2 amide bonds. The summed E-state index contributed by atoms with van der Waals surface area (Å²) in [6, 6.07) is 8.29. The number of carbonyl (C=O) groups is 1. The number of pyridine rings is 1. The lowest BCUT2D eigenvalue weighted by atomic mass is 10.2. The molecule has 2 N–H and O–H groups in total. The molecule has 0 aliphatic rings. The summed E-state index contributed by atoms with van der Waals surface area (Å²) in [6.45, 7) is 1.83. The molecule has 0 fully saturated rings. The van der Waals surface area contributed by atoms with Crippen LogP contribution in [0.5, 0.6) is 0 Å². The highest BCUT2D eigenvalue weighted by molar-refractivity contribution is 7.90. The fourth-order valence-corrected chi connectivity index (χ4v) is 2.60. The van der Waals surface area contributed by atoms with E-state index in [1.54, 1.807) is 18.2 Å². The normalized spacial score (nSPS) is 11.0. The van der Waals surface area contributed by atoms with Gasteiger partial charge in [-0.1, -0.05) is 29.3 Å². The van der Waals surface area contributed by atoms with Gasteiger partial charge in [-0.05, 0) is 31.2 Å². The van der Waals surface area contributed by atoms with Gasteiger partial charge in [0.05, 0.1) is 10.6 Å². The van der Waals surface area contributed by atoms with Crippen molar-refractivity contribution in [1.82, 2.24) is 9.71 Å². The van der Waals surface area contributed by atoms with Crippen molar-refractivity contribution in [3.63, 3.8) is 0 Å². The Bertz CT molecular complexity index is 760. The molecule has 0 saturated carbocycles. The van der Waals surface area contributed by atoms with Crippen LogP contribution in [0.15, 0.2) is 47.5 Å². The standard InChI is InChI=1S/C13H12ClN3O3S/c1-9-4-6-10(7-5-9)21(19,20)17-13(18)16-11-3-2-8-15-12(11)14/h2-8H,1H3,(H2,16,17,18). The highest BCUT2D eigenvalue weighted by atomic mass is 35.5. The van der Waals surface area contributed by atoms with Gasteiger partial charge in [0.1, 0.15) is 0 Å². The fourth-order valence-electron chi connectivity index (χ4n) is 1.53. The molecule has 0 spiro atoms. The molecule has 8 heteroatoms. The first kappa shape index (κ1) is 15.3. The molecule has 1 aromatic carbocycles. The smallest absolute Gasteiger partial charge is 0.304 e. The van der Waals surface area contributed by atoms with E-state index < -0.39 is 16.1 Å². The van der Waals surface area contributed by atoms with Crippen LogP contribution in [-0.2, 0) is 10.0 Å². The van der Waals surface area contributed by atoms with Gasteiger partial charge in [0.15, 0.2) is 5.15 Å². The van der Waals surface area contributed by atoms with Crippen molar-refractivity contribution in [2.75, 3.05) is 5.32 Å². The second-order valence-electron chi connectivity index (χ2n) is 4.21. The van der Waals surface area contributed by atoms with Crippen molar-refractivity contribution in [2.24, 2.45) is 0 Å². The molecule has 0 atom stereocenters. The van der Waals surface area contributed by atoms with E-state index in [4.69, 9.17) is 11.6 Å². The number of nitrogens with one attached hydrogen (secondary N) is 2. The largest absolute Gasteiger partial charge is 0.333 e. The minimum absolute atomic E-state index is 0.000494. The molecule has 1 heterocycles. The summed E-state index contributed by atoms with van der Waals surface area (Å²) in [6.07, 6.45) is 1.45. The lowest BCUT2D eigenvalue weighted by Gasteiger charge is -2.09. The van der Waals surface area contributed by atoms with Crippen molar-refractivity contribution in [2.45, 2.75) is 11.8 Å². The highest BCUT2D eigenvalue weighted by Crippen LogP contribution is 2.17. The molecule has 0 bridgehead atoms. The van der Waals surface area contributed by atoms with E-state index in [-0.39, 0.29) is 15.7 Å². The molecule has 1 aromatic heterocycles. The van der Waals surface area contributed by atoms with E-state index in [1.165, 1.54) is 24.4 Å². The molecular weight excluding hydrogens is 314 g/mol. The summed E-state index contributed by atoms with van der Waals surface area (Å²) in [5.41, 5.74) is 1.14. The lowest BCUT2D eigenvalue weighted by molar-refractivity contribution is 0.256. The number of urea groups is 1. The molecule has 0 aliphatic heterocycles. The summed E-state index contributed by atoms with van der Waals surface area (Å²) in [5.74, 6) is 0. The summed E-state index contributed by atoms with van der Waals surface area (Å²) < 4.78 is 25.9. The van der Waals surface area contributed by atoms with Crippen LogP contribution in [0.1, 0.15) is 5.56 Å². The number of aryl methyl sites for hydroxylation is 1. The minimum Gasteiger partial charge on any atom is -0.304 e. The maximum Gasteiger partial charge on any atom is 0.333 e. The second-order valence-corrected chi connectivity index (χ2v) is 6.25. The zero-order valence-electron chi connectivity index (χ0n) is 11.0. The number of hydrogen-bond donors (Lipinski definition) is 2. The molecule has 0 radical (unpaired) electrons. The number of hydrogen-bond acceptors (Lipinski definition) is 4. The molecule has 0 aliphatic carbocycles. The minimum atomic E-state index is -3.93. The number of nitrogens with zero attached hydrogens (tertiary/aromatic N) is 1. The summed E-state index contributed by atoms with van der Waals surface area (Å²) in [5, 5.41) is 2.39. The first-order valence-corrected chi connectivity index (χ1v) is 7.75. The molecule has 2 rings (SSSR count). The summed E-state index contributed by atoms with van der Waals surface area (Å²) in [4.78, 5) is 15.5. The van der Waals surface area contributed by atoms with Crippen LogP contribution in [0, 0.1) is 6.92 Å². The molecule has 0 unspecified atom stereocenters. The van der Waals surface area contributed by atoms with Gasteiger partial charge in [0, 0.05) is 6.20 Å². The van der Waals surface area contributed by atoms with E-state index >= 15 is 0 Å². The lowest BCUT2D eigenvalue weighted by Crippen LogP contribution is -2.34. The Balaban J connectivity index is 2.12. The quantitative estimate of drug-likeness (QED) is 0.849. The van der Waals surface area contributed by atoms with Gasteiger partial charge in [0.25, 0.3) is 10.0 Å². The second kappa shape index (κ2) is 6.11. The van der Waals surface area contributed by atoms with Gasteiger partial charge >= 0.3 is 6.03 Å². The fraction of sp³-hybridized carbons (Fsp3) is 0.0769. The van der Waals surface area contributed by atoms with Crippen LogP contribution in [0.3, 0.4) is 0 Å². The average Bonchev–Trinajstić information content (AvgIpc) is 2.41. The van der Waals surface area contributed by atoms with Crippen molar-refractivity contribution < 1.29 is 13.2 Å². The maximum atomic E-state index is 12.0. The highest BCUT2D eigenvalue weighted by Gasteiger charge is 2.18. The Labute approximate surface area is 127 Å². The first-order valence-electron chi connectivity index (χ1n) is 5.89. The van der Waals surface area contributed by atoms with E-state index in [0.29, 0.717) is 0 Å². The molecule has 0 saturated heterocycles. The molecule has 2 aromatic rings. The number of carbonyl (C=O) groups excluding carboxylic acids is 1. The third kappa shape index (κ3) is 3.93. The van der Waals surface area contributed by atoms with Gasteiger partial charge in [-0.3, -0.25) is 0 Å². The summed E-state index contributed by atoms with van der Waals surface area (Å²) in [7, 11) is -3.93. The van der Waals surface area contributed by atoms with Crippen molar-refractivity contribution >= 4 is 33.3 Å². The van der Waals surface area contributed by atoms with Crippen molar-refractivity contribution in [1.29, 1.82) is 0 Å². The Morgan fingerprint density at radius 2 is 1.86 bits per heavy atom. The number of benzene rings is 1. The van der Waals surface area contributed by atoms with Crippen LogP contribution < -0.4 is 10.0 Å². The van der Waals surface area contributed by atoms with Crippen molar-refractivity contribution in [3.05, 3.63) is 53.3 Å². The Kier molecular flexibility index (Phi) is 4.44. The van der Waals surface area contributed by atoms with Crippen LogP contribution in [-0.4, -0.2) is 19.4 Å². The first-order chi connectivity index (χ1) is 9.88. The Morgan fingerprint density at radius 3 is 2.48 bits per heavy atom. The number of anilines is 1. The van der Waals surface area contributed by atoms with E-state index in [1.807, 2.05) is 11.6 Å². The zero-order valence-corrected chi connectivity index (χ0v) is 12.6. The van der Waals surface area contributed by atoms with Gasteiger partial charge in [-0.2, -0.15) is 0 Å². The number of aromatic nitrogens is 1. The SMILES string of the molecule is Cc1ccc(S(=O)(=O)NC(=O)Nc2cccnc2Cl)cc1. The zero-order chi connectivity index (χ0) is 15.5. The third-order valence-corrected chi connectivity index (χ3v) is 4.21. The topological polar surface area (TPSA) is 88.2 Å². The van der Waals surface area contributed by atoms with E-state index in [0.717, 1.165) is 5.56 Å². The van der Waals surface area contributed by atoms with Crippen molar-refractivity contribution in [3.8, 4) is 0 Å². The monoisotopic (exact) mass is 325 g/mol. The number of amides is 2. The number of sulfonamides is 1. The van der Waals surface area contributed by atoms with E-state index in [9.17, 15) is 13.2 Å². The molecular formula is C13H12ClN3O3S. The predicted molar refractivity (Wildman–Crippen MR) is 79.8 cm³/mol. The number of halogens is 1. The molecule has 21 heavy (non-hydrogen) atoms. The van der Waals surface area contributed by atoms with Gasteiger partial charge < -0.3 is 5.32 Å². The predicted octanol–water partition coefficient (Wildman–Crippen LogP) is 2.55. The van der Waals surface area contributed by atoms with Crippen LogP contribution >= 0.6 is 11.6 Å². The van der Waals surface area contributed by atoms with Crippen LogP contribution in [0.25, 0.3) is 0 Å². The van der Waals surface area contributed by atoms with Crippen LogP contribution in [0.4, 0.5) is 10.5 Å². The Hall–Kier alpha value is -2.12. The number of rotatable bonds is 3. The summed E-state index contributed by atoms with van der Waals surface area (Å²) >= 11 is 5.77. The van der Waals surface area contributed by atoms with Crippen LogP contribution in [0.2, 0.25) is 5.15 Å². The van der Waals surface area contributed by atoms with Gasteiger partial charge in [0.2, 0.25) is 0 Å². The molecule has 6 nitrogen and oxygen atoms in total.